The van der Waals surface area contributed by atoms with Crippen LogP contribution in [0.1, 0.15) is 55.9 Å². The Hall–Kier alpha value is -2.86. The molecule has 3 nitrogen and oxygen atoms in total. The minimum Gasteiger partial charge on any atom is -0.481 e. The normalized spacial score (nSPS) is 13.3. The van der Waals surface area contributed by atoms with Crippen molar-refractivity contribution < 1.29 is 4.74 Å². The third kappa shape index (κ3) is 3.87. The molecule has 0 aliphatic heterocycles. The highest BCUT2D eigenvalue weighted by atomic mass is 16.5. The van der Waals surface area contributed by atoms with Crippen LogP contribution in [-0.2, 0) is 18.3 Å². The third-order valence-corrected chi connectivity index (χ3v) is 5.49. The molecule has 1 heterocycles. The van der Waals surface area contributed by atoms with Crippen molar-refractivity contribution in [3.8, 4) is 11.9 Å². The van der Waals surface area contributed by atoms with Gasteiger partial charge in [-0.2, -0.15) is 5.26 Å². The second-order valence-corrected chi connectivity index (χ2v) is 7.94. The highest BCUT2D eigenvalue weighted by molar-refractivity contribution is 5.81. The summed E-state index contributed by atoms with van der Waals surface area (Å²) in [6.45, 7) is 8.48. The number of aromatic nitrogens is 1. The van der Waals surface area contributed by atoms with Crippen LogP contribution in [0.2, 0.25) is 0 Å². The highest BCUT2D eigenvalue weighted by Crippen LogP contribution is 2.32. The summed E-state index contributed by atoms with van der Waals surface area (Å²) in [5.74, 6) is 1.13. The molecular formula is C25H28N2O. The number of methoxy groups -OCH3 is 1. The topological polar surface area (TPSA) is 45.9 Å². The lowest BCUT2D eigenvalue weighted by atomic mass is 9.78. The molecule has 3 heteroatoms. The smallest absolute Gasteiger partial charge is 0.216 e. The van der Waals surface area contributed by atoms with Gasteiger partial charge >= 0.3 is 0 Å². The average Bonchev–Trinajstić information content (AvgIpc) is 2.72. The number of hydrogen-bond donors (Lipinski definition) is 0. The summed E-state index contributed by atoms with van der Waals surface area (Å²) in [6, 6.07) is 19.4. The van der Waals surface area contributed by atoms with Crippen LogP contribution >= 0.6 is 0 Å². The molecule has 1 atom stereocenters. The van der Waals surface area contributed by atoms with E-state index in [9.17, 15) is 5.26 Å². The summed E-state index contributed by atoms with van der Waals surface area (Å²) in [4.78, 5) is 4.69. The number of fused-ring (bicyclic) bond motifs is 1. The molecular weight excluding hydrogens is 344 g/mol. The van der Waals surface area contributed by atoms with Crippen LogP contribution < -0.4 is 4.74 Å². The lowest BCUT2D eigenvalue weighted by Crippen LogP contribution is -2.23. The van der Waals surface area contributed by atoms with Gasteiger partial charge < -0.3 is 4.74 Å². The first-order valence-electron chi connectivity index (χ1n) is 9.88. The number of rotatable bonds is 6. The lowest BCUT2D eigenvalue weighted by molar-refractivity contribution is 0.395. The van der Waals surface area contributed by atoms with Gasteiger partial charge in [-0.15, -0.1) is 0 Å². The van der Waals surface area contributed by atoms with Crippen LogP contribution in [0.4, 0.5) is 0 Å². The molecule has 0 spiro atoms. The van der Waals surface area contributed by atoms with Crippen molar-refractivity contribution in [2.75, 3.05) is 7.11 Å². The van der Waals surface area contributed by atoms with Gasteiger partial charge in [-0.25, -0.2) is 4.98 Å². The number of nitrogens with zero attached hydrogens (tertiary/aromatic N) is 2. The van der Waals surface area contributed by atoms with Crippen molar-refractivity contribution in [3.05, 3.63) is 70.8 Å². The summed E-state index contributed by atoms with van der Waals surface area (Å²) in [5, 5.41) is 11.1. The van der Waals surface area contributed by atoms with Crippen molar-refractivity contribution in [1.82, 2.24) is 4.98 Å². The van der Waals surface area contributed by atoms with Gasteiger partial charge in [-0.1, -0.05) is 57.2 Å². The van der Waals surface area contributed by atoms with Crippen molar-refractivity contribution in [1.29, 1.82) is 5.26 Å². The Bertz CT molecular complexity index is 1030. The lowest BCUT2D eigenvalue weighted by Gasteiger charge is -2.23. The Balaban J connectivity index is 2.02. The number of nitriles is 1. The Morgan fingerprint density at radius 1 is 1.14 bits per heavy atom. The minimum atomic E-state index is -0.623. The van der Waals surface area contributed by atoms with Gasteiger partial charge in [0, 0.05) is 10.9 Å². The number of benzene rings is 2. The van der Waals surface area contributed by atoms with Crippen LogP contribution in [0.3, 0.4) is 0 Å². The molecule has 0 aliphatic carbocycles. The highest BCUT2D eigenvalue weighted by Gasteiger charge is 2.27. The second-order valence-electron chi connectivity index (χ2n) is 7.94. The van der Waals surface area contributed by atoms with Crippen molar-refractivity contribution in [2.24, 2.45) is 0 Å². The fourth-order valence-corrected chi connectivity index (χ4v) is 3.64. The molecule has 0 amide bonds. The van der Waals surface area contributed by atoms with Crippen LogP contribution in [0.5, 0.6) is 5.88 Å². The fourth-order valence-electron chi connectivity index (χ4n) is 3.64. The molecule has 3 aromatic rings. The Labute approximate surface area is 168 Å². The van der Waals surface area contributed by atoms with Crippen LogP contribution in [-0.4, -0.2) is 12.1 Å². The van der Waals surface area contributed by atoms with E-state index in [-0.39, 0.29) is 0 Å². The van der Waals surface area contributed by atoms with E-state index in [1.165, 1.54) is 11.1 Å². The van der Waals surface area contributed by atoms with E-state index in [1.54, 1.807) is 7.11 Å². The van der Waals surface area contributed by atoms with Gasteiger partial charge in [-0.3, -0.25) is 0 Å². The van der Waals surface area contributed by atoms with E-state index < -0.39 is 5.41 Å². The zero-order chi connectivity index (χ0) is 20.3. The quantitative estimate of drug-likeness (QED) is 0.537. The number of hydrogen-bond acceptors (Lipinski definition) is 3. The summed E-state index contributed by atoms with van der Waals surface area (Å²) >= 11 is 0. The maximum atomic E-state index is 10.0. The van der Waals surface area contributed by atoms with Crippen molar-refractivity contribution in [3.63, 3.8) is 0 Å². The maximum Gasteiger partial charge on any atom is 0.216 e. The summed E-state index contributed by atoms with van der Waals surface area (Å²) in [5.41, 5.74) is 4.80. The molecule has 0 saturated heterocycles. The number of ether oxygens (including phenoxy) is 1. The molecule has 0 N–H and O–H groups in total. The first-order valence-corrected chi connectivity index (χ1v) is 9.88. The third-order valence-electron chi connectivity index (χ3n) is 5.49. The SMILES string of the molecule is CCc1cc2ccc(C(C)(C#N)Cc3cccc(C(C)C)c3)cc2nc1OC. The summed E-state index contributed by atoms with van der Waals surface area (Å²) < 4.78 is 5.45. The first-order chi connectivity index (χ1) is 13.4. The zero-order valence-electron chi connectivity index (χ0n) is 17.4. The van der Waals surface area contributed by atoms with Gasteiger partial charge in [-0.05, 0) is 54.5 Å². The predicted molar refractivity (Wildman–Crippen MR) is 115 cm³/mol. The largest absolute Gasteiger partial charge is 0.481 e. The van der Waals surface area contributed by atoms with E-state index in [1.807, 2.05) is 13.0 Å². The van der Waals surface area contributed by atoms with Gasteiger partial charge in [0.15, 0.2) is 0 Å². The fraction of sp³-hybridized carbons (Fsp3) is 0.360. The van der Waals surface area contributed by atoms with E-state index in [0.717, 1.165) is 28.5 Å². The van der Waals surface area contributed by atoms with Crippen LogP contribution in [0, 0.1) is 11.3 Å². The van der Waals surface area contributed by atoms with Gasteiger partial charge in [0.05, 0.1) is 24.1 Å². The summed E-state index contributed by atoms with van der Waals surface area (Å²) in [6.07, 6.45) is 1.54. The Morgan fingerprint density at radius 3 is 2.57 bits per heavy atom. The number of aryl methyl sites for hydroxylation is 1. The average molecular weight is 373 g/mol. The zero-order valence-corrected chi connectivity index (χ0v) is 17.4. The monoisotopic (exact) mass is 372 g/mol. The van der Waals surface area contributed by atoms with Crippen LogP contribution in [0.15, 0.2) is 48.5 Å². The van der Waals surface area contributed by atoms with E-state index in [4.69, 9.17) is 4.74 Å². The number of pyridine rings is 1. The van der Waals surface area contributed by atoms with Crippen LogP contribution in [0.25, 0.3) is 10.9 Å². The maximum absolute atomic E-state index is 10.0. The Morgan fingerprint density at radius 2 is 1.93 bits per heavy atom. The molecule has 2 aromatic carbocycles. The molecule has 3 rings (SSSR count). The molecule has 0 fully saturated rings. The molecule has 28 heavy (non-hydrogen) atoms. The predicted octanol–water partition coefficient (Wildman–Crippen LogP) is 5.95. The van der Waals surface area contributed by atoms with Gasteiger partial charge in [0.25, 0.3) is 0 Å². The van der Waals surface area contributed by atoms with Crippen molar-refractivity contribution in [2.45, 2.75) is 51.9 Å². The molecule has 0 bridgehead atoms. The van der Waals surface area contributed by atoms with E-state index in [0.29, 0.717) is 18.2 Å². The second kappa shape index (κ2) is 8.02. The van der Waals surface area contributed by atoms with E-state index >= 15 is 0 Å². The van der Waals surface area contributed by atoms with Gasteiger partial charge in [0.2, 0.25) is 5.88 Å². The molecule has 0 aliphatic rings. The van der Waals surface area contributed by atoms with Gasteiger partial charge in [0.1, 0.15) is 0 Å². The van der Waals surface area contributed by atoms with Crippen molar-refractivity contribution >= 4 is 10.9 Å². The molecule has 1 unspecified atom stereocenters. The molecule has 0 radical (unpaired) electrons. The summed E-state index contributed by atoms with van der Waals surface area (Å²) in [7, 11) is 1.65. The standard InChI is InChI=1S/C25H28N2O/c1-6-19-13-21-10-11-22(14-23(21)27-24(19)28-5)25(4,16-26)15-18-8-7-9-20(12-18)17(2)3/h7-14,17H,6,15H2,1-5H3. The minimum absolute atomic E-state index is 0.471. The van der Waals surface area contributed by atoms with E-state index in [2.05, 4.69) is 74.3 Å². The Kier molecular flexibility index (Phi) is 5.70. The first kappa shape index (κ1) is 19.9. The molecule has 0 saturated carbocycles. The molecule has 1 aromatic heterocycles. The molecule has 144 valence electrons.